The second-order valence-corrected chi connectivity index (χ2v) is 4.19. The van der Waals surface area contributed by atoms with Gasteiger partial charge in [-0.25, -0.2) is 0 Å². The molecule has 1 amide bonds. The fourth-order valence-electron chi connectivity index (χ4n) is 1.58. The lowest BCUT2D eigenvalue weighted by Gasteiger charge is -2.18. The van der Waals surface area contributed by atoms with Crippen LogP contribution in [0.1, 0.15) is 31.7 Å². The fourth-order valence-corrected chi connectivity index (χ4v) is 1.58. The monoisotopic (exact) mass is 236 g/mol. The molecule has 94 valence electrons. The molecule has 0 heterocycles. The maximum absolute atomic E-state index is 11.9. The van der Waals surface area contributed by atoms with E-state index < -0.39 is 0 Å². The zero-order valence-corrected chi connectivity index (χ0v) is 10.3. The first kappa shape index (κ1) is 13.5. The summed E-state index contributed by atoms with van der Waals surface area (Å²) in [6.07, 6.45) is 0.714. The van der Waals surface area contributed by atoms with Gasteiger partial charge in [0.1, 0.15) is 0 Å². The van der Waals surface area contributed by atoms with E-state index in [4.69, 9.17) is 10.8 Å². The third-order valence-electron chi connectivity index (χ3n) is 2.86. The summed E-state index contributed by atoms with van der Waals surface area (Å²) in [6.45, 7) is 3.71. The molecule has 17 heavy (non-hydrogen) atoms. The van der Waals surface area contributed by atoms with Crippen LogP contribution in [0.4, 0.5) is 5.69 Å². The molecule has 0 bridgehead atoms. The number of nitrogens with one attached hydrogen (secondary N) is 1. The van der Waals surface area contributed by atoms with Crippen LogP contribution in [0.2, 0.25) is 0 Å². The number of hydrogen-bond acceptors (Lipinski definition) is 3. The largest absolute Gasteiger partial charge is 0.399 e. The summed E-state index contributed by atoms with van der Waals surface area (Å²) >= 11 is 0. The number of nitrogen functional groups attached to an aromatic ring is 1. The molecule has 0 saturated heterocycles. The predicted octanol–water partition coefficient (Wildman–Crippen LogP) is 1.26. The van der Waals surface area contributed by atoms with Crippen LogP contribution in [-0.4, -0.2) is 23.7 Å². The minimum Gasteiger partial charge on any atom is -0.399 e. The number of carbonyl (C=O) groups is 1. The van der Waals surface area contributed by atoms with Crippen molar-refractivity contribution in [3.8, 4) is 0 Å². The lowest BCUT2D eigenvalue weighted by Crippen LogP contribution is -2.39. The first-order valence-electron chi connectivity index (χ1n) is 5.85. The lowest BCUT2D eigenvalue weighted by atomic mass is 9.99. The van der Waals surface area contributed by atoms with Crippen molar-refractivity contribution in [2.75, 3.05) is 12.3 Å². The number of aliphatic hydroxyl groups excluding tert-OH is 1. The molecule has 0 fully saturated rings. The Morgan fingerprint density at radius 2 is 2.24 bits per heavy atom. The molecular formula is C13H20N2O2. The van der Waals surface area contributed by atoms with E-state index in [1.807, 2.05) is 26.0 Å². The summed E-state index contributed by atoms with van der Waals surface area (Å²) in [4.78, 5) is 11.9. The lowest BCUT2D eigenvalue weighted by molar-refractivity contribution is -0.123. The first-order valence-corrected chi connectivity index (χ1v) is 5.85. The summed E-state index contributed by atoms with van der Waals surface area (Å²) in [5.41, 5.74) is 7.21. The maximum atomic E-state index is 11.9. The number of hydrogen-bond donors (Lipinski definition) is 3. The summed E-state index contributed by atoms with van der Waals surface area (Å²) in [7, 11) is 0. The number of anilines is 1. The van der Waals surface area contributed by atoms with Crippen molar-refractivity contribution < 1.29 is 9.90 Å². The van der Waals surface area contributed by atoms with Gasteiger partial charge in [0.05, 0.1) is 18.6 Å². The third-order valence-corrected chi connectivity index (χ3v) is 2.86. The molecule has 0 aromatic heterocycles. The normalized spacial score (nSPS) is 14.1. The molecule has 0 aliphatic rings. The Kier molecular flexibility index (Phi) is 4.97. The SMILES string of the molecule is CCC(CO)NC(=O)C(C)c1cccc(N)c1. The minimum atomic E-state index is -0.265. The van der Waals surface area contributed by atoms with Crippen LogP contribution < -0.4 is 11.1 Å². The first-order chi connectivity index (χ1) is 8.08. The average Bonchev–Trinajstić information content (AvgIpc) is 2.34. The number of benzene rings is 1. The molecule has 0 spiro atoms. The summed E-state index contributed by atoms with van der Waals surface area (Å²) in [5, 5.41) is 11.8. The van der Waals surface area contributed by atoms with Gasteiger partial charge in [0.25, 0.3) is 0 Å². The van der Waals surface area contributed by atoms with Crippen molar-refractivity contribution in [2.45, 2.75) is 32.2 Å². The van der Waals surface area contributed by atoms with E-state index in [2.05, 4.69) is 5.32 Å². The molecule has 2 unspecified atom stereocenters. The highest BCUT2D eigenvalue weighted by molar-refractivity contribution is 5.83. The molecule has 1 aromatic rings. The van der Waals surface area contributed by atoms with E-state index in [0.717, 1.165) is 5.56 Å². The maximum Gasteiger partial charge on any atom is 0.227 e. The van der Waals surface area contributed by atoms with Gasteiger partial charge in [-0.15, -0.1) is 0 Å². The molecule has 1 aromatic carbocycles. The highest BCUT2D eigenvalue weighted by atomic mass is 16.3. The van der Waals surface area contributed by atoms with Crippen molar-refractivity contribution in [3.05, 3.63) is 29.8 Å². The third kappa shape index (κ3) is 3.75. The van der Waals surface area contributed by atoms with Crippen LogP contribution in [0.15, 0.2) is 24.3 Å². The molecule has 0 aliphatic heterocycles. The Morgan fingerprint density at radius 3 is 2.76 bits per heavy atom. The number of amides is 1. The molecule has 1 rings (SSSR count). The Bertz CT molecular complexity index is 375. The van der Waals surface area contributed by atoms with Gasteiger partial charge in [0, 0.05) is 5.69 Å². The van der Waals surface area contributed by atoms with Gasteiger partial charge in [-0.2, -0.15) is 0 Å². The number of carbonyl (C=O) groups excluding carboxylic acids is 1. The number of rotatable bonds is 5. The van der Waals surface area contributed by atoms with E-state index in [1.165, 1.54) is 0 Å². The predicted molar refractivity (Wildman–Crippen MR) is 68.6 cm³/mol. The Labute approximate surface area is 102 Å². The Hall–Kier alpha value is -1.55. The van der Waals surface area contributed by atoms with E-state index in [1.54, 1.807) is 12.1 Å². The topological polar surface area (TPSA) is 75.3 Å². The Morgan fingerprint density at radius 1 is 1.53 bits per heavy atom. The standard InChI is InChI=1S/C13H20N2O2/c1-3-12(8-16)15-13(17)9(2)10-5-4-6-11(14)7-10/h4-7,9,12,16H,3,8,14H2,1-2H3,(H,15,17). The second-order valence-electron chi connectivity index (χ2n) is 4.19. The summed E-state index contributed by atoms with van der Waals surface area (Å²) in [5.74, 6) is -0.351. The fraction of sp³-hybridized carbons (Fsp3) is 0.462. The van der Waals surface area contributed by atoms with Gasteiger partial charge >= 0.3 is 0 Å². The quantitative estimate of drug-likeness (QED) is 0.674. The minimum absolute atomic E-state index is 0.0358. The molecule has 2 atom stereocenters. The van der Waals surface area contributed by atoms with Gasteiger partial charge in [0.2, 0.25) is 5.91 Å². The van der Waals surface area contributed by atoms with Crippen LogP contribution in [0.3, 0.4) is 0 Å². The van der Waals surface area contributed by atoms with Crippen LogP contribution in [0.5, 0.6) is 0 Å². The Balaban J connectivity index is 2.69. The van der Waals surface area contributed by atoms with E-state index in [-0.39, 0.29) is 24.5 Å². The molecular weight excluding hydrogens is 216 g/mol. The van der Waals surface area contributed by atoms with Gasteiger partial charge in [-0.3, -0.25) is 4.79 Å². The molecule has 4 heteroatoms. The molecule has 0 aliphatic carbocycles. The van der Waals surface area contributed by atoms with Gasteiger partial charge in [0.15, 0.2) is 0 Å². The van der Waals surface area contributed by atoms with Crippen molar-refractivity contribution in [3.63, 3.8) is 0 Å². The molecule has 0 saturated carbocycles. The summed E-state index contributed by atoms with van der Waals surface area (Å²) < 4.78 is 0. The van der Waals surface area contributed by atoms with Crippen molar-refractivity contribution in [1.82, 2.24) is 5.32 Å². The van der Waals surface area contributed by atoms with Crippen LogP contribution in [-0.2, 0) is 4.79 Å². The number of nitrogens with two attached hydrogens (primary N) is 1. The van der Waals surface area contributed by atoms with E-state index in [9.17, 15) is 4.79 Å². The van der Waals surface area contributed by atoms with Crippen molar-refractivity contribution in [2.24, 2.45) is 0 Å². The van der Waals surface area contributed by atoms with Crippen molar-refractivity contribution >= 4 is 11.6 Å². The second kappa shape index (κ2) is 6.25. The highest BCUT2D eigenvalue weighted by Crippen LogP contribution is 2.18. The number of aliphatic hydroxyl groups is 1. The zero-order chi connectivity index (χ0) is 12.8. The smallest absolute Gasteiger partial charge is 0.227 e. The summed E-state index contributed by atoms with van der Waals surface area (Å²) in [6, 6.07) is 7.12. The molecule has 0 radical (unpaired) electrons. The van der Waals surface area contributed by atoms with Gasteiger partial charge < -0.3 is 16.2 Å². The van der Waals surface area contributed by atoms with E-state index >= 15 is 0 Å². The van der Waals surface area contributed by atoms with Gasteiger partial charge in [-0.05, 0) is 31.0 Å². The van der Waals surface area contributed by atoms with Crippen LogP contribution in [0, 0.1) is 0 Å². The van der Waals surface area contributed by atoms with E-state index in [0.29, 0.717) is 12.1 Å². The van der Waals surface area contributed by atoms with Crippen LogP contribution >= 0.6 is 0 Å². The molecule has 4 N–H and O–H groups in total. The van der Waals surface area contributed by atoms with Gasteiger partial charge in [-0.1, -0.05) is 19.1 Å². The zero-order valence-electron chi connectivity index (χ0n) is 10.3. The molecule has 4 nitrogen and oxygen atoms in total. The average molecular weight is 236 g/mol. The van der Waals surface area contributed by atoms with Crippen LogP contribution in [0.25, 0.3) is 0 Å². The highest BCUT2D eigenvalue weighted by Gasteiger charge is 2.17. The van der Waals surface area contributed by atoms with Crippen molar-refractivity contribution in [1.29, 1.82) is 0 Å².